The number of fused-ring (bicyclic) bond motifs is 1. The van der Waals surface area contributed by atoms with Gasteiger partial charge in [0.05, 0.1) is 6.61 Å². The highest BCUT2D eigenvalue weighted by atomic mass is 32.1. The maximum atomic E-state index is 12.4. The van der Waals surface area contributed by atoms with Gasteiger partial charge >= 0.3 is 0 Å². The van der Waals surface area contributed by atoms with Gasteiger partial charge in [0.1, 0.15) is 5.56 Å². The minimum Gasteiger partial charge on any atom is -0.477 e. The molecule has 2 aromatic heterocycles. The highest BCUT2D eigenvalue weighted by Gasteiger charge is 2.22. The van der Waals surface area contributed by atoms with E-state index in [9.17, 15) is 4.79 Å². The second-order valence-corrected chi connectivity index (χ2v) is 6.94. The van der Waals surface area contributed by atoms with Crippen LogP contribution in [0.25, 0.3) is 0 Å². The lowest BCUT2D eigenvalue weighted by Crippen LogP contribution is -2.44. The molecule has 5 nitrogen and oxygen atoms in total. The molecular weight excluding hydrogens is 322 g/mol. The average molecular weight is 345 g/mol. The van der Waals surface area contributed by atoms with Crippen molar-refractivity contribution in [3.63, 3.8) is 0 Å². The molecule has 0 saturated carbocycles. The Morgan fingerprint density at radius 2 is 2.38 bits per heavy atom. The molecule has 1 aliphatic rings. The number of carbonyl (C=O) groups excluding carboxylic acids is 1. The fraction of sp³-hybridized carbons (Fsp3) is 0.444. The first-order valence-corrected chi connectivity index (χ1v) is 9.22. The van der Waals surface area contributed by atoms with Gasteiger partial charge in [0.2, 0.25) is 5.88 Å². The van der Waals surface area contributed by atoms with Crippen LogP contribution in [-0.4, -0.2) is 41.5 Å². The normalized spacial score (nSPS) is 15.6. The number of aromatic nitrogens is 1. The van der Waals surface area contributed by atoms with E-state index in [1.165, 1.54) is 10.4 Å². The van der Waals surface area contributed by atoms with Gasteiger partial charge < -0.3 is 10.1 Å². The summed E-state index contributed by atoms with van der Waals surface area (Å²) in [7, 11) is 0. The van der Waals surface area contributed by atoms with E-state index in [4.69, 9.17) is 4.74 Å². The Morgan fingerprint density at radius 3 is 3.21 bits per heavy atom. The molecule has 0 spiro atoms. The summed E-state index contributed by atoms with van der Waals surface area (Å²) in [4.78, 5) is 20.5. The molecule has 0 aliphatic carbocycles. The summed E-state index contributed by atoms with van der Waals surface area (Å²) in [5, 5.41) is 5.18. The van der Waals surface area contributed by atoms with Crippen LogP contribution in [0, 0.1) is 0 Å². The summed E-state index contributed by atoms with van der Waals surface area (Å²) in [5.74, 6) is 0.262. The third-order valence-electron chi connectivity index (χ3n) is 4.32. The Kier molecular flexibility index (Phi) is 5.48. The highest BCUT2D eigenvalue weighted by molar-refractivity contribution is 7.10. The Labute approximate surface area is 146 Å². The molecule has 2 aromatic rings. The molecule has 1 N–H and O–H groups in total. The van der Waals surface area contributed by atoms with Crippen LogP contribution in [0.15, 0.2) is 29.8 Å². The van der Waals surface area contributed by atoms with Crippen LogP contribution >= 0.6 is 11.3 Å². The van der Waals surface area contributed by atoms with E-state index in [0.717, 1.165) is 19.5 Å². The fourth-order valence-corrected chi connectivity index (χ4v) is 3.82. The maximum Gasteiger partial charge on any atom is 0.256 e. The standard InChI is InChI=1S/C18H23N3O2S/c1-3-23-18-15(5-4-8-19-18)17(22)20-11-13(2)21-9-6-16-14(12-21)7-10-24-16/h4-5,7-8,10,13H,3,6,9,11-12H2,1-2H3,(H,20,22). The molecule has 6 heteroatoms. The number of rotatable bonds is 6. The first kappa shape index (κ1) is 16.9. The molecule has 24 heavy (non-hydrogen) atoms. The molecule has 1 amide bonds. The number of carbonyl (C=O) groups is 1. The first-order chi connectivity index (χ1) is 11.7. The van der Waals surface area contributed by atoms with Crippen LogP contribution < -0.4 is 10.1 Å². The summed E-state index contributed by atoms with van der Waals surface area (Å²) >= 11 is 1.84. The fourth-order valence-electron chi connectivity index (χ4n) is 2.93. The van der Waals surface area contributed by atoms with Crippen molar-refractivity contribution < 1.29 is 9.53 Å². The minimum atomic E-state index is -0.133. The largest absolute Gasteiger partial charge is 0.477 e. The number of thiophene rings is 1. The van der Waals surface area contributed by atoms with Crippen LogP contribution in [0.1, 0.15) is 34.6 Å². The lowest BCUT2D eigenvalue weighted by Gasteiger charge is -2.32. The van der Waals surface area contributed by atoms with E-state index in [2.05, 4.69) is 33.6 Å². The number of nitrogens with one attached hydrogen (secondary N) is 1. The topological polar surface area (TPSA) is 54.5 Å². The second-order valence-electron chi connectivity index (χ2n) is 5.94. The van der Waals surface area contributed by atoms with Gasteiger partial charge in [-0.1, -0.05) is 0 Å². The number of nitrogens with zero attached hydrogens (tertiary/aromatic N) is 2. The Bertz CT molecular complexity index is 701. The zero-order valence-electron chi connectivity index (χ0n) is 14.1. The summed E-state index contributed by atoms with van der Waals surface area (Å²) in [6.07, 6.45) is 2.74. The van der Waals surface area contributed by atoms with Crippen molar-refractivity contribution >= 4 is 17.2 Å². The Morgan fingerprint density at radius 1 is 1.50 bits per heavy atom. The van der Waals surface area contributed by atoms with E-state index < -0.39 is 0 Å². The molecule has 1 atom stereocenters. The van der Waals surface area contributed by atoms with Crippen molar-refractivity contribution in [2.75, 3.05) is 19.7 Å². The van der Waals surface area contributed by atoms with Gasteiger partial charge in [-0.3, -0.25) is 9.69 Å². The van der Waals surface area contributed by atoms with Gasteiger partial charge in [-0.2, -0.15) is 0 Å². The molecule has 1 unspecified atom stereocenters. The maximum absolute atomic E-state index is 12.4. The third kappa shape index (κ3) is 3.76. The minimum absolute atomic E-state index is 0.133. The van der Waals surface area contributed by atoms with Crippen LogP contribution in [0.2, 0.25) is 0 Å². The zero-order valence-corrected chi connectivity index (χ0v) is 14.9. The summed E-state index contributed by atoms with van der Waals surface area (Å²) in [6, 6.07) is 6.00. The molecule has 128 valence electrons. The predicted molar refractivity (Wildman–Crippen MR) is 95.6 cm³/mol. The smallest absolute Gasteiger partial charge is 0.256 e. The number of hydrogen-bond acceptors (Lipinski definition) is 5. The lowest BCUT2D eigenvalue weighted by molar-refractivity contribution is 0.0928. The summed E-state index contributed by atoms with van der Waals surface area (Å²) < 4.78 is 5.43. The SMILES string of the molecule is CCOc1ncccc1C(=O)NCC(C)N1CCc2sccc2C1. The molecule has 0 aromatic carbocycles. The van der Waals surface area contributed by atoms with Crippen molar-refractivity contribution in [3.05, 3.63) is 45.8 Å². The van der Waals surface area contributed by atoms with E-state index >= 15 is 0 Å². The van der Waals surface area contributed by atoms with Crippen molar-refractivity contribution in [3.8, 4) is 5.88 Å². The monoisotopic (exact) mass is 345 g/mol. The second kappa shape index (κ2) is 7.77. The lowest BCUT2D eigenvalue weighted by atomic mass is 10.1. The van der Waals surface area contributed by atoms with E-state index in [-0.39, 0.29) is 11.9 Å². The van der Waals surface area contributed by atoms with Crippen LogP contribution in [0.3, 0.4) is 0 Å². The van der Waals surface area contributed by atoms with E-state index in [1.54, 1.807) is 18.3 Å². The number of amides is 1. The van der Waals surface area contributed by atoms with Gasteiger partial charge in [0.15, 0.2) is 0 Å². The molecule has 3 heterocycles. The van der Waals surface area contributed by atoms with Gasteiger partial charge in [-0.05, 0) is 49.4 Å². The molecule has 3 rings (SSSR count). The molecule has 1 aliphatic heterocycles. The first-order valence-electron chi connectivity index (χ1n) is 8.34. The summed E-state index contributed by atoms with van der Waals surface area (Å²) in [6.45, 7) is 7.15. The summed E-state index contributed by atoms with van der Waals surface area (Å²) in [5.41, 5.74) is 1.92. The zero-order chi connectivity index (χ0) is 16.9. The molecule has 0 fully saturated rings. The van der Waals surface area contributed by atoms with Gasteiger partial charge in [-0.25, -0.2) is 4.98 Å². The molecule has 0 radical (unpaired) electrons. The molecule has 0 bridgehead atoms. The van der Waals surface area contributed by atoms with Crippen LogP contribution in [0.4, 0.5) is 0 Å². The Balaban J connectivity index is 1.57. The van der Waals surface area contributed by atoms with Crippen LogP contribution in [0.5, 0.6) is 5.88 Å². The third-order valence-corrected chi connectivity index (χ3v) is 5.34. The Hall–Kier alpha value is -1.92. The number of ether oxygens (including phenoxy) is 1. The highest BCUT2D eigenvalue weighted by Crippen LogP contribution is 2.25. The van der Waals surface area contributed by atoms with Crippen molar-refractivity contribution in [1.82, 2.24) is 15.2 Å². The number of pyridine rings is 1. The number of hydrogen-bond donors (Lipinski definition) is 1. The van der Waals surface area contributed by atoms with Gasteiger partial charge in [-0.15, -0.1) is 11.3 Å². The van der Waals surface area contributed by atoms with E-state index in [1.807, 2.05) is 18.3 Å². The molecular formula is C18H23N3O2S. The predicted octanol–water partition coefficient (Wildman–Crippen LogP) is 2.72. The van der Waals surface area contributed by atoms with Gasteiger partial charge in [0, 0.05) is 36.8 Å². The van der Waals surface area contributed by atoms with Crippen molar-refractivity contribution in [2.45, 2.75) is 32.9 Å². The quantitative estimate of drug-likeness (QED) is 0.875. The van der Waals surface area contributed by atoms with Gasteiger partial charge in [0.25, 0.3) is 5.91 Å². The average Bonchev–Trinajstić information content (AvgIpc) is 3.08. The van der Waals surface area contributed by atoms with Crippen molar-refractivity contribution in [2.24, 2.45) is 0 Å². The van der Waals surface area contributed by atoms with Crippen molar-refractivity contribution in [1.29, 1.82) is 0 Å². The van der Waals surface area contributed by atoms with Crippen LogP contribution in [-0.2, 0) is 13.0 Å². The van der Waals surface area contributed by atoms with E-state index in [0.29, 0.717) is 24.6 Å². The molecule has 0 saturated heterocycles.